The van der Waals surface area contributed by atoms with E-state index in [9.17, 15) is 4.79 Å². The van der Waals surface area contributed by atoms with Gasteiger partial charge < -0.3 is 29.0 Å². The first kappa shape index (κ1) is 35.5. The molecule has 1 saturated heterocycles. The molecule has 0 bridgehead atoms. The summed E-state index contributed by atoms with van der Waals surface area (Å²) in [6, 6.07) is 48.2. The Bertz CT molecular complexity index is 1710. The maximum absolute atomic E-state index is 11.6. The Morgan fingerprint density at radius 1 is 0.580 bits per heavy atom. The summed E-state index contributed by atoms with van der Waals surface area (Å²) in [5.41, 5.74) is 4.50. The fourth-order valence-electron chi connectivity index (χ4n) is 5.80. The predicted octanol–water partition coefficient (Wildman–Crippen LogP) is 8.44. The van der Waals surface area contributed by atoms with Crippen molar-refractivity contribution >= 4 is 23.4 Å². The number of thioether (sulfide) groups is 1. The molecule has 1 heterocycles. The Morgan fingerprint density at radius 3 is 1.50 bits per heavy atom. The van der Waals surface area contributed by atoms with Gasteiger partial charge in [0.2, 0.25) is 5.91 Å². The topological polar surface area (TPSA) is 75.3 Å². The van der Waals surface area contributed by atoms with Crippen LogP contribution in [-0.2, 0) is 54.9 Å². The molecular formula is C42H43NO6S. The standard InChI is InChI=1S/C42H43NO6S/c1-31(44)43-36-22-24-37(25-23-36)50-42-41(48-29-35-20-12-5-13-21-35)40(47-28-34-18-10-4-11-19-34)39(46-27-33-16-8-3-9-17-33)38(49-42)30-45-26-32-14-6-2-7-15-32/h2-25,38-42H,26-30H2,1H3,(H,43,44)/t38-,39-,40+,41-,42+/m1/s1. The maximum Gasteiger partial charge on any atom is 0.221 e. The van der Waals surface area contributed by atoms with Crippen LogP contribution in [0.15, 0.2) is 150 Å². The fourth-order valence-corrected chi connectivity index (χ4v) is 6.92. The summed E-state index contributed by atoms with van der Waals surface area (Å²) >= 11 is 1.56. The van der Waals surface area contributed by atoms with Gasteiger partial charge in [0.1, 0.15) is 29.9 Å². The molecule has 0 spiro atoms. The first-order chi connectivity index (χ1) is 24.6. The van der Waals surface area contributed by atoms with E-state index < -0.39 is 29.9 Å². The third-order valence-electron chi connectivity index (χ3n) is 8.27. The van der Waals surface area contributed by atoms with Crippen LogP contribution in [0.3, 0.4) is 0 Å². The van der Waals surface area contributed by atoms with Crippen molar-refractivity contribution in [3.05, 3.63) is 168 Å². The normalized spacial score (nSPS) is 20.3. The predicted molar refractivity (Wildman–Crippen MR) is 196 cm³/mol. The highest BCUT2D eigenvalue weighted by molar-refractivity contribution is 7.99. The molecule has 0 saturated carbocycles. The number of benzene rings is 5. The molecule has 1 fully saturated rings. The van der Waals surface area contributed by atoms with Crippen LogP contribution in [0.25, 0.3) is 0 Å². The van der Waals surface area contributed by atoms with Gasteiger partial charge >= 0.3 is 0 Å². The van der Waals surface area contributed by atoms with Crippen LogP contribution in [0.1, 0.15) is 29.2 Å². The molecule has 1 amide bonds. The van der Waals surface area contributed by atoms with E-state index in [1.807, 2.05) is 109 Å². The fraction of sp³-hybridized carbons (Fsp3) is 0.262. The Hall–Kier alpha value is -4.28. The molecule has 5 aromatic carbocycles. The highest BCUT2D eigenvalue weighted by atomic mass is 32.2. The summed E-state index contributed by atoms with van der Waals surface area (Å²) in [5.74, 6) is -0.117. The van der Waals surface area contributed by atoms with Gasteiger partial charge in [0.25, 0.3) is 0 Å². The lowest BCUT2D eigenvalue weighted by Gasteiger charge is -2.46. The highest BCUT2D eigenvalue weighted by Crippen LogP contribution is 2.38. The summed E-state index contributed by atoms with van der Waals surface area (Å²) < 4.78 is 33.7. The lowest BCUT2D eigenvalue weighted by Crippen LogP contribution is -2.60. The first-order valence-corrected chi connectivity index (χ1v) is 17.8. The van der Waals surface area contributed by atoms with Gasteiger partial charge in [0.05, 0.1) is 33.0 Å². The van der Waals surface area contributed by atoms with E-state index in [4.69, 9.17) is 23.7 Å². The van der Waals surface area contributed by atoms with Gasteiger partial charge in [0.15, 0.2) is 0 Å². The van der Waals surface area contributed by atoms with Gasteiger partial charge in [-0.15, -0.1) is 0 Å². The summed E-state index contributed by atoms with van der Waals surface area (Å²) in [6.07, 6.45) is -1.98. The first-order valence-electron chi connectivity index (χ1n) is 16.9. The summed E-state index contributed by atoms with van der Waals surface area (Å²) in [7, 11) is 0. The molecule has 1 aliphatic heterocycles. The quantitative estimate of drug-likeness (QED) is 0.112. The Labute approximate surface area is 298 Å². The second-order valence-electron chi connectivity index (χ2n) is 12.2. The number of nitrogens with one attached hydrogen (secondary N) is 1. The van der Waals surface area contributed by atoms with Crippen molar-refractivity contribution in [3.8, 4) is 0 Å². The monoisotopic (exact) mass is 689 g/mol. The molecule has 50 heavy (non-hydrogen) atoms. The summed E-state index contributed by atoms with van der Waals surface area (Å²) in [5, 5.41) is 2.84. The van der Waals surface area contributed by atoms with Crippen LogP contribution in [0.5, 0.6) is 0 Å². The molecule has 0 aliphatic carbocycles. The Balaban J connectivity index is 1.32. The number of anilines is 1. The zero-order chi connectivity index (χ0) is 34.4. The average molecular weight is 690 g/mol. The maximum atomic E-state index is 11.6. The second kappa shape index (κ2) is 18.6. The zero-order valence-corrected chi connectivity index (χ0v) is 29.0. The number of carbonyl (C=O) groups is 1. The smallest absolute Gasteiger partial charge is 0.221 e. The molecule has 258 valence electrons. The van der Waals surface area contributed by atoms with Gasteiger partial charge in [-0.05, 0) is 46.5 Å². The third-order valence-corrected chi connectivity index (χ3v) is 9.42. The van der Waals surface area contributed by atoms with Crippen molar-refractivity contribution in [3.63, 3.8) is 0 Å². The minimum absolute atomic E-state index is 0.117. The van der Waals surface area contributed by atoms with E-state index in [-0.39, 0.29) is 5.91 Å². The van der Waals surface area contributed by atoms with Crippen LogP contribution in [0.4, 0.5) is 5.69 Å². The van der Waals surface area contributed by atoms with Gasteiger partial charge in [-0.3, -0.25) is 4.79 Å². The van der Waals surface area contributed by atoms with Gasteiger partial charge in [-0.1, -0.05) is 133 Å². The minimum atomic E-state index is -0.509. The molecule has 0 unspecified atom stereocenters. The number of hydrogen-bond acceptors (Lipinski definition) is 7. The highest BCUT2D eigenvalue weighted by Gasteiger charge is 2.49. The van der Waals surface area contributed by atoms with Crippen molar-refractivity contribution < 1.29 is 28.5 Å². The van der Waals surface area contributed by atoms with Crippen LogP contribution >= 0.6 is 11.8 Å². The van der Waals surface area contributed by atoms with E-state index in [2.05, 4.69) is 41.7 Å². The zero-order valence-electron chi connectivity index (χ0n) is 28.1. The Kier molecular flexibility index (Phi) is 13.2. The number of ether oxygens (including phenoxy) is 5. The minimum Gasteiger partial charge on any atom is -0.374 e. The van der Waals surface area contributed by atoms with Crippen molar-refractivity contribution in [1.82, 2.24) is 0 Å². The van der Waals surface area contributed by atoms with Crippen LogP contribution in [0.2, 0.25) is 0 Å². The largest absolute Gasteiger partial charge is 0.374 e. The van der Waals surface area contributed by atoms with Crippen molar-refractivity contribution in [2.45, 2.75) is 68.1 Å². The van der Waals surface area contributed by atoms with E-state index in [1.54, 1.807) is 11.8 Å². The molecular weight excluding hydrogens is 647 g/mol. The van der Waals surface area contributed by atoms with E-state index >= 15 is 0 Å². The third kappa shape index (κ3) is 10.6. The molecule has 7 nitrogen and oxygen atoms in total. The molecule has 5 aromatic rings. The SMILES string of the molecule is CC(=O)Nc1ccc(S[C@@H]2O[C@H](COCc3ccccc3)[C@@H](OCc3ccccc3)[C@H](OCc3ccccc3)[C@H]2OCc2ccccc2)cc1. The molecule has 6 rings (SSSR count). The summed E-state index contributed by atoms with van der Waals surface area (Å²) in [6.45, 7) is 3.37. The lowest BCUT2D eigenvalue weighted by molar-refractivity contribution is -0.254. The molecule has 8 heteroatoms. The number of hydrogen-bond donors (Lipinski definition) is 1. The molecule has 1 N–H and O–H groups in total. The van der Waals surface area contributed by atoms with Crippen molar-refractivity contribution in [1.29, 1.82) is 0 Å². The second-order valence-corrected chi connectivity index (χ2v) is 13.3. The van der Waals surface area contributed by atoms with E-state index in [0.29, 0.717) is 33.0 Å². The van der Waals surface area contributed by atoms with Crippen molar-refractivity contribution in [2.24, 2.45) is 0 Å². The number of rotatable bonds is 16. The van der Waals surface area contributed by atoms with E-state index in [0.717, 1.165) is 32.8 Å². The van der Waals surface area contributed by atoms with Crippen LogP contribution in [-0.4, -0.2) is 42.4 Å². The van der Waals surface area contributed by atoms with Crippen LogP contribution < -0.4 is 5.32 Å². The number of amides is 1. The molecule has 5 atom stereocenters. The molecule has 1 aliphatic rings. The number of carbonyl (C=O) groups excluding carboxylic acids is 1. The average Bonchev–Trinajstić information content (AvgIpc) is 3.15. The molecule has 0 radical (unpaired) electrons. The van der Waals surface area contributed by atoms with Gasteiger partial charge in [-0.25, -0.2) is 0 Å². The van der Waals surface area contributed by atoms with E-state index in [1.165, 1.54) is 6.92 Å². The Morgan fingerprint density at radius 2 is 1.02 bits per heavy atom. The summed E-state index contributed by atoms with van der Waals surface area (Å²) in [4.78, 5) is 12.6. The van der Waals surface area contributed by atoms with Crippen LogP contribution in [0, 0.1) is 0 Å². The van der Waals surface area contributed by atoms with Crippen molar-refractivity contribution in [2.75, 3.05) is 11.9 Å². The van der Waals surface area contributed by atoms with Gasteiger partial charge in [0, 0.05) is 17.5 Å². The van der Waals surface area contributed by atoms with Gasteiger partial charge in [-0.2, -0.15) is 0 Å². The molecule has 0 aromatic heterocycles. The lowest BCUT2D eigenvalue weighted by atomic mass is 9.98.